The van der Waals surface area contributed by atoms with Crippen LogP contribution < -0.4 is 5.73 Å². The van der Waals surface area contributed by atoms with Gasteiger partial charge in [-0.15, -0.1) is 0 Å². The van der Waals surface area contributed by atoms with Crippen molar-refractivity contribution in [3.63, 3.8) is 0 Å². The molecule has 2 aromatic rings. The third-order valence-electron chi connectivity index (χ3n) is 5.70. The van der Waals surface area contributed by atoms with E-state index in [0.717, 1.165) is 17.8 Å². The fraction of sp³-hybridized carbons (Fsp3) is 0.391. The van der Waals surface area contributed by atoms with Gasteiger partial charge < -0.3 is 15.0 Å². The Morgan fingerprint density at radius 2 is 2.00 bits per heavy atom. The van der Waals surface area contributed by atoms with Crippen LogP contribution in [-0.2, 0) is 11.3 Å². The van der Waals surface area contributed by atoms with Crippen molar-refractivity contribution in [1.82, 2.24) is 4.57 Å². The zero-order chi connectivity index (χ0) is 18.5. The van der Waals surface area contributed by atoms with E-state index < -0.39 is 0 Å². The maximum atomic E-state index is 5.74. The maximum Gasteiger partial charge on any atom is 0.121 e. The second-order valence-corrected chi connectivity index (χ2v) is 7.24. The molecule has 2 N–H and O–H groups in total. The highest BCUT2D eigenvalue weighted by Gasteiger charge is 2.28. The van der Waals surface area contributed by atoms with Crippen LogP contribution in [0.3, 0.4) is 0 Å². The smallest absolute Gasteiger partial charge is 0.121 e. The Hall–Kier alpha value is -2.42. The van der Waals surface area contributed by atoms with Crippen molar-refractivity contribution in [2.24, 2.45) is 11.7 Å². The molecule has 2 atom stereocenters. The van der Waals surface area contributed by atoms with E-state index in [1.807, 2.05) is 6.08 Å². The van der Waals surface area contributed by atoms with Crippen molar-refractivity contribution < 1.29 is 4.74 Å². The van der Waals surface area contributed by atoms with Gasteiger partial charge in [0, 0.05) is 17.8 Å². The third kappa shape index (κ3) is 3.72. The topological polar surface area (TPSA) is 40.2 Å². The average Bonchev–Trinajstić information content (AvgIpc) is 2.98. The van der Waals surface area contributed by atoms with Gasteiger partial charge in [0.2, 0.25) is 0 Å². The van der Waals surface area contributed by atoms with Gasteiger partial charge in [-0.05, 0) is 55.5 Å². The van der Waals surface area contributed by atoms with Crippen molar-refractivity contribution in [2.45, 2.75) is 45.1 Å². The average molecular weight is 351 g/mol. The van der Waals surface area contributed by atoms with Gasteiger partial charge in [-0.1, -0.05) is 49.8 Å². The van der Waals surface area contributed by atoms with E-state index in [1.165, 1.54) is 36.9 Å². The first kappa shape index (κ1) is 18.4. The van der Waals surface area contributed by atoms with E-state index in [9.17, 15) is 0 Å². The monoisotopic (exact) mass is 350 g/mol. The Morgan fingerprint density at radius 3 is 2.69 bits per heavy atom. The summed E-state index contributed by atoms with van der Waals surface area (Å²) in [5, 5.41) is 0. The van der Waals surface area contributed by atoms with E-state index in [0.29, 0.717) is 17.6 Å². The molecular weight excluding hydrogens is 320 g/mol. The van der Waals surface area contributed by atoms with Gasteiger partial charge in [-0.3, -0.25) is 0 Å². The highest BCUT2D eigenvalue weighted by Crippen LogP contribution is 2.39. The lowest BCUT2D eigenvalue weighted by Crippen LogP contribution is -2.23. The van der Waals surface area contributed by atoms with Crippen LogP contribution in [0.5, 0.6) is 0 Å². The van der Waals surface area contributed by atoms with Gasteiger partial charge in [0.1, 0.15) is 5.76 Å². The number of methoxy groups -OCH3 is 1. The van der Waals surface area contributed by atoms with Gasteiger partial charge in [0.25, 0.3) is 0 Å². The van der Waals surface area contributed by atoms with Crippen molar-refractivity contribution in [2.75, 3.05) is 7.11 Å². The van der Waals surface area contributed by atoms with Gasteiger partial charge >= 0.3 is 0 Å². The number of ether oxygens (including phenoxy) is 1. The molecule has 0 saturated heterocycles. The first-order valence-corrected chi connectivity index (χ1v) is 9.52. The summed E-state index contributed by atoms with van der Waals surface area (Å²) in [5.41, 5.74) is 10.6. The third-order valence-corrected chi connectivity index (χ3v) is 5.70. The van der Waals surface area contributed by atoms with Crippen LogP contribution in [0.1, 0.15) is 54.1 Å². The lowest BCUT2D eigenvalue weighted by Gasteiger charge is -2.33. The number of aryl methyl sites for hydroxylation is 1. The van der Waals surface area contributed by atoms with Crippen molar-refractivity contribution in [1.29, 1.82) is 0 Å². The normalized spacial score (nSPS) is 20.4. The minimum absolute atomic E-state index is 0.621. The number of nitrogens with two attached hydrogens (primary N) is 1. The molecule has 0 bridgehead atoms. The van der Waals surface area contributed by atoms with E-state index in [4.69, 9.17) is 10.5 Å². The Balaban J connectivity index is 1.93. The Bertz CT molecular complexity index is 773. The minimum atomic E-state index is 0.621. The van der Waals surface area contributed by atoms with Gasteiger partial charge in [-0.2, -0.15) is 0 Å². The van der Waals surface area contributed by atoms with Crippen molar-refractivity contribution in [3.05, 3.63) is 71.7 Å². The van der Waals surface area contributed by atoms with Gasteiger partial charge in [-0.25, -0.2) is 0 Å². The molecule has 1 aromatic heterocycles. The molecule has 1 aromatic carbocycles. The van der Waals surface area contributed by atoms with Gasteiger partial charge in [0.05, 0.1) is 12.8 Å². The van der Waals surface area contributed by atoms with E-state index >= 15 is 0 Å². The Labute approximate surface area is 157 Å². The van der Waals surface area contributed by atoms with Crippen LogP contribution in [-0.4, -0.2) is 11.7 Å². The van der Waals surface area contributed by atoms with Crippen molar-refractivity contribution in [3.8, 4) is 0 Å². The second kappa shape index (κ2) is 8.31. The SMILES string of the molecule is C=C(OC)c1cc(C)n(CC2CCCCC2c2ccccc2)c1/C=C\N. The molecule has 1 aliphatic rings. The molecule has 0 radical (unpaired) electrons. The number of rotatable bonds is 6. The summed E-state index contributed by atoms with van der Waals surface area (Å²) in [7, 11) is 1.66. The lowest BCUT2D eigenvalue weighted by molar-refractivity contribution is 0.272. The van der Waals surface area contributed by atoms with Crippen LogP contribution in [0, 0.1) is 12.8 Å². The summed E-state index contributed by atoms with van der Waals surface area (Å²) >= 11 is 0. The number of benzene rings is 1. The largest absolute Gasteiger partial charge is 0.497 e. The molecule has 1 heterocycles. The molecule has 1 fully saturated rings. The number of hydrogen-bond donors (Lipinski definition) is 1. The van der Waals surface area contributed by atoms with Crippen LogP contribution in [0.25, 0.3) is 11.8 Å². The van der Waals surface area contributed by atoms with E-state index in [-0.39, 0.29) is 0 Å². The molecule has 1 aliphatic carbocycles. The van der Waals surface area contributed by atoms with E-state index in [1.54, 1.807) is 13.3 Å². The van der Waals surface area contributed by atoms with Crippen LogP contribution in [0.4, 0.5) is 0 Å². The molecule has 2 unspecified atom stereocenters. The highest BCUT2D eigenvalue weighted by atomic mass is 16.5. The molecule has 138 valence electrons. The number of hydrogen-bond acceptors (Lipinski definition) is 2. The lowest BCUT2D eigenvalue weighted by atomic mass is 9.75. The fourth-order valence-corrected chi connectivity index (χ4v) is 4.34. The number of nitrogens with zero attached hydrogens (tertiary/aromatic N) is 1. The number of aromatic nitrogens is 1. The molecule has 3 heteroatoms. The van der Waals surface area contributed by atoms with E-state index in [2.05, 4.69) is 54.5 Å². The first-order valence-electron chi connectivity index (χ1n) is 9.52. The zero-order valence-electron chi connectivity index (χ0n) is 15.9. The zero-order valence-corrected chi connectivity index (χ0v) is 15.9. The van der Waals surface area contributed by atoms with Crippen LogP contribution in [0.2, 0.25) is 0 Å². The summed E-state index contributed by atoms with van der Waals surface area (Å²) < 4.78 is 7.77. The summed E-state index contributed by atoms with van der Waals surface area (Å²) in [6, 6.07) is 13.1. The molecule has 0 amide bonds. The maximum absolute atomic E-state index is 5.74. The summed E-state index contributed by atoms with van der Waals surface area (Å²) in [6.45, 7) is 7.20. The second-order valence-electron chi connectivity index (χ2n) is 7.24. The molecule has 26 heavy (non-hydrogen) atoms. The first-order chi connectivity index (χ1) is 12.7. The standard InChI is InChI=1S/C23H30N2O/c1-17-15-22(18(2)26-3)23(13-14-24)25(17)16-20-11-7-8-12-21(20)19-9-5-4-6-10-19/h4-6,9-10,13-15,20-21H,2,7-8,11-12,16,24H2,1,3H3/b14-13-. The summed E-state index contributed by atoms with van der Waals surface area (Å²) in [6.07, 6.45) is 8.74. The summed E-state index contributed by atoms with van der Waals surface area (Å²) in [5.74, 6) is 1.93. The van der Waals surface area contributed by atoms with Gasteiger partial charge in [0.15, 0.2) is 0 Å². The molecule has 1 saturated carbocycles. The molecule has 3 rings (SSSR count). The minimum Gasteiger partial charge on any atom is -0.497 e. The van der Waals surface area contributed by atoms with Crippen molar-refractivity contribution >= 4 is 11.8 Å². The summed E-state index contributed by atoms with van der Waals surface area (Å²) in [4.78, 5) is 0. The predicted octanol–water partition coefficient (Wildman–Crippen LogP) is 5.32. The quantitative estimate of drug-likeness (QED) is 0.717. The molecule has 0 spiro atoms. The Kier molecular flexibility index (Phi) is 5.87. The predicted molar refractivity (Wildman–Crippen MR) is 110 cm³/mol. The molecule has 0 aliphatic heterocycles. The van der Waals surface area contributed by atoms with Crippen LogP contribution >= 0.6 is 0 Å². The fourth-order valence-electron chi connectivity index (χ4n) is 4.34. The highest BCUT2D eigenvalue weighted by molar-refractivity contribution is 5.69. The molecular formula is C23H30N2O. The molecule has 3 nitrogen and oxygen atoms in total. The van der Waals surface area contributed by atoms with Crippen LogP contribution in [0.15, 0.2) is 49.2 Å². The Morgan fingerprint density at radius 1 is 1.27 bits per heavy atom.